The van der Waals surface area contributed by atoms with Gasteiger partial charge in [-0.2, -0.15) is 0 Å². The Hall–Kier alpha value is -3.91. The highest BCUT2D eigenvalue weighted by Crippen LogP contribution is 2.12. The van der Waals surface area contributed by atoms with Crippen LogP contribution >= 0.6 is 0 Å². The van der Waals surface area contributed by atoms with E-state index in [0.29, 0.717) is 50.3 Å². The van der Waals surface area contributed by atoms with Crippen molar-refractivity contribution in [2.24, 2.45) is 5.11 Å². The van der Waals surface area contributed by atoms with Crippen molar-refractivity contribution in [3.63, 3.8) is 0 Å². The number of carbonyl (C=O) groups excluding carboxylic acids is 4. The van der Waals surface area contributed by atoms with Gasteiger partial charge in [0.15, 0.2) is 0 Å². The standard InChI is InChI=1S/C28H45N7O8/c1-20(12-15-41-16-14-31-35-29)32-24(37)18-42-19-25(38)34-23(7-5-6-13-30-27(40)43-28(2,3)4)26(39)33-22-10-8-21(17-36)9-11-22/h8-11,20,23,36H,5-7,12-19H2,1-4H3,(H,30,40)(H,32,37)(H,33,39)(H,34,38)/t20?,23-/m0/s1. The number of alkyl carbamates (subject to hydrolysis) is 1. The summed E-state index contributed by atoms with van der Waals surface area (Å²) in [6, 6.07) is 5.53. The lowest BCUT2D eigenvalue weighted by Gasteiger charge is -2.20. The molecule has 0 aliphatic carbocycles. The largest absolute Gasteiger partial charge is 0.444 e. The van der Waals surface area contributed by atoms with Crippen molar-refractivity contribution < 1.29 is 38.5 Å². The SMILES string of the molecule is CC(CCOCCN=[N+]=[N-])NC(=O)COCC(=O)N[C@@H](CCCCNC(=O)OC(C)(C)C)C(=O)Nc1ccc(CO)cc1. The average Bonchev–Trinajstić information content (AvgIpc) is 2.93. The molecule has 0 fully saturated rings. The lowest BCUT2D eigenvalue weighted by atomic mass is 10.1. The predicted molar refractivity (Wildman–Crippen MR) is 159 cm³/mol. The maximum absolute atomic E-state index is 13.0. The molecule has 0 radical (unpaired) electrons. The second-order valence-corrected chi connectivity index (χ2v) is 10.7. The van der Waals surface area contributed by atoms with Crippen molar-refractivity contribution in [1.29, 1.82) is 0 Å². The fourth-order valence-electron chi connectivity index (χ4n) is 3.54. The molecule has 0 aromatic heterocycles. The number of nitrogens with zero attached hydrogens (tertiary/aromatic N) is 3. The van der Waals surface area contributed by atoms with Gasteiger partial charge in [-0.15, -0.1) is 0 Å². The van der Waals surface area contributed by atoms with Crippen LogP contribution in [-0.4, -0.2) is 86.1 Å². The second kappa shape index (κ2) is 20.9. The number of benzene rings is 1. The van der Waals surface area contributed by atoms with Gasteiger partial charge < -0.3 is 40.6 Å². The minimum absolute atomic E-state index is 0.129. The molecule has 0 saturated carbocycles. The Kier molecular flexibility index (Phi) is 18.0. The summed E-state index contributed by atoms with van der Waals surface area (Å²) in [7, 11) is 0. The van der Waals surface area contributed by atoms with Crippen LogP contribution in [0.25, 0.3) is 10.4 Å². The summed E-state index contributed by atoms with van der Waals surface area (Å²) in [5, 5.41) is 23.4. The molecule has 15 heteroatoms. The Labute approximate surface area is 252 Å². The monoisotopic (exact) mass is 607 g/mol. The highest BCUT2D eigenvalue weighted by Gasteiger charge is 2.21. The van der Waals surface area contributed by atoms with Gasteiger partial charge >= 0.3 is 6.09 Å². The summed E-state index contributed by atoms with van der Waals surface area (Å²) in [5.74, 6) is -1.43. The third kappa shape index (κ3) is 19.0. The van der Waals surface area contributed by atoms with Crippen LogP contribution in [-0.2, 0) is 35.2 Å². The molecule has 0 heterocycles. The Balaban J connectivity index is 2.53. The first-order chi connectivity index (χ1) is 20.4. The number of aliphatic hydroxyl groups excluding tert-OH is 1. The van der Waals surface area contributed by atoms with E-state index >= 15 is 0 Å². The van der Waals surface area contributed by atoms with Crippen LogP contribution in [0.5, 0.6) is 0 Å². The lowest BCUT2D eigenvalue weighted by molar-refractivity contribution is -0.133. The summed E-state index contributed by atoms with van der Waals surface area (Å²) < 4.78 is 15.8. The molecular formula is C28H45N7O8. The molecule has 43 heavy (non-hydrogen) atoms. The molecule has 0 bridgehead atoms. The van der Waals surface area contributed by atoms with Crippen LogP contribution in [0.2, 0.25) is 0 Å². The van der Waals surface area contributed by atoms with E-state index in [1.165, 1.54) is 0 Å². The fraction of sp³-hybridized carbons (Fsp3) is 0.643. The van der Waals surface area contributed by atoms with Crippen LogP contribution in [0.15, 0.2) is 29.4 Å². The van der Waals surface area contributed by atoms with Gasteiger partial charge in [0, 0.05) is 36.3 Å². The average molecular weight is 608 g/mol. The van der Waals surface area contributed by atoms with E-state index in [-0.39, 0.29) is 32.2 Å². The molecule has 2 atom stereocenters. The maximum Gasteiger partial charge on any atom is 0.407 e. The summed E-state index contributed by atoms with van der Waals surface area (Å²) in [6.45, 7) is 7.42. The minimum atomic E-state index is -0.900. The number of rotatable bonds is 20. The number of anilines is 1. The number of hydrogen-bond acceptors (Lipinski definition) is 9. The number of unbranched alkanes of at least 4 members (excludes halogenated alkanes) is 1. The fourth-order valence-corrected chi connectivity index (χ4v) is 3.54. The Bertz CT molecular complexity index is 1060. The smallest absolute Gasteiger partial charge is 0.407 e. The molecule has 1 aromatic carbocycles. The highest BCUT2D eigenvalue weighted by molar-refractivity contribution is 5.97. The predicted octanol–water partition coefficient (Wildman–Crippen LogP) is 2.54. The van der Waals surface area contributed by atoms with Gasteiger partial charge in [0.25, 0.3) is 0 Å². The highest BCUT2D eigenvalue weighted by atomic mass is 16.6. The van der Waals surface area contributed by atoms with Gasteiger partial charge in [0.1, 0.15) is 24.9 Å². The van der Waals surface area contributed by atoms with Crippen molar-refractivity contribution in [2.75, 3.05) is 44.8 Å². The molecule has 1 rings (SSSR count). The quantitative estimate of drug-likeness (QED) is 0.0641. The van der Waals surface area contributed by atoms with Crippen molar-refractivity contribution in [2.45, 2.75) is 77.7 Å². The van der Waals surface area contributed by atoms with Gasteiger partial charge in [-0.05, 0) is 76.6 Å². The van der Waals surface area contributed by atoms with Crippen molar-refractivity contribution in [3.8, 4) is 0 Å². The van der Waals surface area contributed by atoms with Crippen LogP contribution in [0.4, 0.5) is 10.5 Å². The van der Waals surface area contributed by atoms with Gasteiger partial charge in [-0.1, -0.05) is 17.2 Å². The lowest BCUT2D eigenvalue weighted by Crippen LogP contribution is -2.45. The van der Waals surface area contributed by atoms with Crippen LogP contribution in [0, 0.1) is 0 Å². The Morgan fingerprint density at radius 1 is 0.977 bits per heavy atom. The minimum Gasteiger partial charge on any atom is -0.444 e. The Morgan fingerprint density at radius 2 is 1.65 bits per heavy atom. The molecule has 1 unspecified atom stereocenters. The molecule has 0 saturated heterocycles. The normalized spacial score (nSPS) is 12.3. The molecule has 240 valence electrons. The molecule has 15 nitrogen and oxygen atoms in total. The summed E-state index contributed by atoms with van der Waals surface area (Å²) in [4.78, 5) is 52.1. The van der Waals surface area contributed by atoms with Gasteiger partial charge in [0.05, 0.1) is 13.2 Å². The molecular weight excluding hydrogens is 562 g/mol. The van der Waals surface area contributed by atoms with Crippen molar-refractivity contribution in [3.05, 3.63) is 40.3 Å². The summed E-state index contributed by atoms with van der Waals surface area (Å²) >= 11 is 0. The van der Waals surface area contributed by atoms with Gasteiger partial charge in [0.2, 0.25) is 17.7 Å². The van der Waals surface area contributed by atoms with Crippen LogP contribution in [0.1, 0.15) is 58.9 Å². The molecule has 0 aliphatic heterocycles. The Morgan fingerprint density at radius 3 is 2.28 bits per heavy atom. The molecule has 4 amide bonds. The van der Waals surface area contributed by atoms with E-state index in [0.717, 1.165) is 0 Å². The van der Waals surface area contributed by atoms with E-state index in [9.17, 15) is 24.3 Å². The summed E-state index contributed by atoms with van der Waals surface area (Å²) in [5.41, 5.74) is 8.80. The third-order valence-corrected chi connectivity index (χ3v) is 5.61. The number of ether oxygens (including phenoxy) is 3. The van der Waals surface area contributed by atoms with E-state index in [2.05, 4.69) is 31.3 Å². The zero-order chi connectivity index (χ0) is 32.1. The molecule has 0 spiro atoms. The van der Waals surface area contributed by atoms with E-state index in [4.69, 9.17) is 19.7 Å². The van der Waals surface area contributed by atoms with Gasteiger partial charge in [-0.3, -0.25) is 14.4 Å². The van der Waals surface area contributed by atoms with Crippen molar-refractivity contribution in [1.82, 2.24) is 16.0 Å². The van der Waals surface area contributed by atoms with E-state index in [1.54, 1.807) is 52.0 Å². The first-order valence-corrected chi connectivity index (χ1v) is 14.2. The number of aliphatic hydroxyl groups is 1. The zero-order valence-corrected chi connectivity index (χ0v) is 25.4. The molecule has 1 aromatic rings. The zero-order valence-electron chi connectivity index (χ0n) is 25.4. The van der Waals surface area contributed by atoms with E-state index < -0.39 is 42.1 Å². The van der Waals surface area contributed by atoms with Crippen LogP contribution in [0.3, 0.4) is 0 Å². The topological polar surface area (TPSA) is 213 Å². The number of hydrogen-bond donors (Lipinski definition) is 5. The molecule has 0 aliphatic rings. The van der Waals surface area contributed by atoms with Gasteiger partial charge in [-0.25, -0.2) is 4.79 Å². The summed E-state index contributed by atoms with van der Waals surface area (Å²) in [6.07, 6.45) is 1.33. The number of azide groups is 1. The van der Waals surface area contributed by atoms with Crippen LogP contribution < -0.4 is 21.3 Å². The molecule has 5 N–H and O–H groups in total. The van der Waals surface area contributed by atoms with Crippen molar-refractivity contribution >= 4 is 29.5 Å². The second-order valence-electron chi connectivity index (χ2n) is 10.7. The number of carbonyl (C=O) groups is 4. The number of amides is 4. The number of nitrogens with one attached hydrogen (secondary N) is 4. The first-order valence-electron chi connectivity index (χ1n) is 14.2. The first kappa shape index (κ1) is 37.1. The third-order valence-electron chi connectivity index (χ3n) is 5.61. The van der Waals surface area contributed by atoms with E-state index in [1.807, 2.05) is 0 Å². The maximum atomic E-state index is 13.0.